The topological polar surface area (TPSA) is 18.5 Å². The van der Waals surface area contributed by atoms with Crippen molar-refractivity contribution in [3.05, 3.63) is 0 Å². The van der Waals surface area contributed by atoms with E-state index in [2.05, 4.69) is 29.0 Å². The Hall–Kier alpha value is -0.120. The van der Waals surface area contributed by atoms with E-state index in [1.165, 1.54) is 64.7 Å². The van der Waals surface area contributed by atoms with Crippen molar-refractivity contribution in [2.75, 3.05) is 26.2 Å². The Kier molecular flexibility index (Phi) is 3.36. The summed E-state index contributed by atoms with van der Waals surface area (Å²) < 4.78 is 0. The van der Waals surface area contributed by atoms with E-state index in [1.54, 1.807) is 0 Å². The van der Waals surface area contributed by atoms with Gasteiger partial charge in [-0.2, -0.15) is 0 Å². The summed E-state index contributed by atoms with van der Waals surface area (Å²) in [6.45, 7) is 10.1. The molecule has 0 aromatic rings. The van der Waals surface area contributed by atoms with Gasteiger partial charge in [-0.05, 0) is 58.4 Å². The molecule has 4 aliphatic rings. The number of piperazine rings is 1. The lowest BCUT2D eigenvalue weighted by molar-refractivity contribution is 0.0241. The summed E-state index contributed by atoms with van der Waals surface area (Å²) in [6.07, 6.45) is 8.65. The van der Waals surface area contributed by atoms with Crippen molar-refractivity contribution in [1.82, 2.24) is 15.1 Å². The summed E-state index contributed by atoms with van der Waals surface area (Å²) in [5, 5.41) is 3.88. The van der Waals surface area contributed by atoms with Gasteiger partial charge in [0.1, 0.15) is 0 Å². The van der Waals surface area contributed by atoms with Gasteiger partial charge >= 0.3 is 0 Å². The van der Waals surface area contributed by atoms with Crippen molar-refractivity contribution in [2.45, 2.75) is 76.0 Å². The molecule has 0 bridgehead atoms. The number of fused-ring (bicyclic) bond motifs is 1. The zero-order valence-corrected chi connectivity index (χ0v) is 13.3. The molecule has 1 aliphatic carbocycles. The number of nitrogens with zero attached hydrogens (tertiary/aromatic N) is 2. The van der Waals surface area contributed by atoms with Crippen LogP contribution in [0.4, 0.5) is 0 Å². The van der Waals surface area contributed by atoms with E-state index in [-0.39, 0.29) is 0 Å². The molecule has 1 N–H and O–H groups in total. The number of hydrogen-bond donors (Lipinski definition) is 1. The number of piperidine rings is 1. The molecule has 3 heteroatoms. The minimum Gasteiger partial charge on any atom is -0.308 e. The summed E-state index contributed by atoms with van der Waals surface area (Å²) in [6, 6.07) is 2.42. The molecule has 0 radical (unpaired) electrons. The fourth-order valence-electron chi connectivity index (χ4n) is 5.13. The van der Waals surface area contributed by atoms with Gasteiger partial charge in [0.05, 0.1) is 0 Å². The number of hydrogen-bond acceptors (Lipinski definition) is 3. The van der Waals surface area contributed by atoms with Gasteiger partial charge in [0.15, 0.2) is 0 Å². The van der Waals surface area contributed by atoms with Crippen LogP contribution in [-0.2, 0) is 0 Å². The Morgan fingerprint density at radius 1 is 1.00 bits per heavy atom. The molecule has 3 nitrogen and oxygen atoms in total. The summed E-state index contributed by atoms with van der Waals surface area (Å²) in [7, 11) is 0. The molecule has 1 saturated carbocycles. The van der Waals surface area contributed by atoms with Crippen molar-refractivity contribution in [3.8, 4) is 0 Å². The first kappa shape index (κ1) is 13.5. The van der Waals surface area contributed by atoms with Crippen LogP contribution in [0.15, 0.2) is 0 Å². The summed E-state index contributed by atoms with van der Waals surface area (Å²) in [5.74, 6) is 0.946. The predicted molar refractivity (Wildman–Crippen MR) is 82.9 cm³/mol. The molecular formula is C17H31N3. The zero-order valence-electron chi connectivity index (χ0n) is 13.3. The van der Waals surface area contributed by atoms with Crippen molar-refractivity contribution in [1.29, 1.82) is 0 Å². The van der Waals surface area contributed by atoms with Crippen molar-refractivity contribution in [2.24, 2.45) is 5.92 Å². The third kappa shape index (κ3) is 2.22. The molecule has 0 aromatic carbocycles. The van der Waals surface area contributed by atoms with Gasteiger partial charge in [0.25, 0.3) is 0 Å². The smallest absolute Gasteiger partial charge is 0.0309 e. The normalized spacial score (nSPS) is 47.4. The SMILES string of the molecule is CC1CNC(C)(C2CC2)CN1C1CCN2CCCCC12. The van der Waals surface area contributed by atoms with Gasteiger partial charge < -0.3 is 5.32 Å². The van der Waals surface area contributed by atoms with Gasteiger partial charge in [0, 0.05) is 43.3 Å². The van der Waals surface area contributed by atoms with Gasteiger partial charge in [0.2, 0.25) is 0 Å². The molecule has 0 amide bonds. The lowest BCUT2D eigenvalue weighted by Gasteiger charge is -2.50. The lowest BCUT2D eigenvalue weighted by atomic mass is 9.88. The minimum absolute atomic E-state index is 0.397. The van der Waals surface area contributed by atoms with Crippen LogP contribution in [0.2, 0.25) is 0 Å². The van der Waals surface area contributed by atoms with E-state index in [0.717, 1.165) is 18.0 Å². The molecular weight excluding hydrogens is 246 g/mol. The summed E-state index contributed by atoms with van der Waals surface area (Å²) in [4.78, 5) is 5.68. The van der Waals surface area contributed by atoms with E-state index >= 15 is 0 Å². The first-order chi connectivity index (χ1) is 9.67. The summed E-state index contributed by atoms with van der Waals surface area (Å²) in [5.41, 5.74) is 0.397. The van der Waals surface area contributed by atoms with E-state index in [1.807, 2.05) is 0 Å². The van der Waals surface area contributed by atoms with Crippen molar-refractivity contribution < 1.29 is 0 Å². The Morgan fingerprint density at radius 3 is 2.65 bits per heavy atom. The van der Waals surface area contributed by atoms with Crippen molar-refractivity contribution >= 4 is 0 Å². The monoisotopic (exact) mass is 277 g/mol. The summed E-state index contributed by atoms with van der Waals surface area (Å²) >= 11 is 0. The molecule has 3 heterocycles. The van der Waals surface area contributed by atoms with Crippen molar-refractivity contribution in [3.63, 3.8) is 0 Å². The Labute approximate surface area is 124 Å². The van der Waals surface area contributed by atoms with Crippen LogP contribution < -0.4 is 5.32 Å². The first-order valence-electron chi connectivity index (χ1n) is 8.92. The maximum absolute atomic E-state index is 3.88. The molecule has 4 unspecified atom stereocenters. The first-order valence-corrected chi connectivity index (χ1v) is 8.92. The van der Waals surface area contributed by atoms with E-state index < -0.39 is 0 Å². The fourth-order valence-corrected chi connectivity index (χ4v) is 5.13. The maximum atomic E-state index is 3.88. The van der Waals surface area contributed by atoms with E-state index in [0.29, 0.717) is 11.6 Å². The quantitative estimate of drug-likeness (QED) is 0.834. The highest BCUT2D eigenvalue weighted by molar-refractivity contribution is 5.07. The highest BCUT2D eigenvalue weighted by Gasteiger charge is 2.49. The van der Waals surface area contributed by atoms with Crippen LogP contribution >= 0.6 is 0 Å². The Balaban J connectivity index is 1.50. The Morgan fingerprint density at radius 2 is 1.85 bits per heavy atom. The molecule has 3 aliphatic heterocycles. The standard InChI is InChI=1S/C17H31N3/c1-13-11-18-17(2,14-6-7-14)12-20(13)16-8-10-19-9-4-3-5-15(16)19/h13-16,18H,3-12H2,1-2H3. The number of rotatable bonds is 2. The Bertz CT molecular complexity index is 367. The van der Waals surface area contributed by atoms with E-state index in [9.17, 15) is 0 Å². The molecule has 4 atom stereocenters. The average molecular weight is 277 g/mol. The largest absolute Gasteiger partial charge is 0.308 e. The molecule has 114 valence electrons. The third-order valence-electron chi connectivity index (χ3n) is 6.60. The molecule has 20 heavy (non-hydrogen) atoms. The average Bonchev–Trinajstić information content (AvgIpc) is 3.23. The van der Waals surface area contributed by atoms with Gasteiger partial charge in [-0.3, -0.25) is 9.80 Å². The lowest BCUT2D eigenvalue weighted by Crippen LogP contribution is -2.66. The minimum atomic E-state index is 0.397. The second-order valence-electron chi connectivity index (χ2n) is 8.05. The zero-order chi connectivity index (χ0) is 13.7. The molecule has 0 spiro atoms. The van der Waals surface area contributed by atoms with Crippen LogP contribution in [0.5, 0.6) is 0 Å². The number of nitrogens with one attached hydrogen (secondary N) is 1. The highest BCUT2D eigenvalue weighted by Crippen LogP contribution is 2.43. The second-order valence-corrected chi connectivity index (χ2v) is 8.05. The second kappa shape index (κ2) is 4.96. The van der Waals surface area contributed by atoms with Gasteiger partial charge in [-0.15, -0.1) is 0 Å². The fraction of sp³-hybridized carbons (Fsp3) is 1.00. The van der Waals surface area contributed by atoms with Crippen LogP contribution in [0.3, 0.4) is 0 Å². The molecule has 4 rings (SSSR count). The van der Waals surface area contributed by atoms with Gasteiger partial charge in [-0.1, -0.05) is 6.42 Å². The van der Waals surface area contributed by atoms with Crippen LogP contribution in [-0.4, -0.2) is 59.6 Å². The van der Waals surface area contributed by atoms with Crippen LogP contribution in [0, 0.1) is 5.92 Å². The third-order valence-corrected chi connectivity index (χ3v) is 6.60. The maximum Gasteiger partial charge on any atom is 0.0309 e. The van der Waals surface area contributed by atoms with Crippen LogP contribution in [0.25, 0.3) is 0 Å². The highest BCUT2D eigenvalue weighted by atomic mass is 15.3. The molecule has 0 aromatic heterocycles. The molecule has 3 saturated heterocycles. The predicted octanol–water partition coefficient (Wildman–Crippen LogP) is 2.08. The molecule has 4 fully saturated rings. The van der Waals surface area contributed by atoms with E-state index in [4.69, 9.17) is 0 Å². The van der Waals surface area contributed by atoms with Gasteiger partial charge in [-0.25, -0.2) is 0 Å². The van der Waals surface area contributed by atoms with Crippen LogP contribution in [0.1, 0.15) is 52.4 Å².